The minimum Gasteiger partial charge on any atom is -0.462 e. The fourth-order valence-electron chi connectivity index (χ4n) is 6.66. The number of phosphoric acid groups is 2. The van der Waals surface area contributed by atoms with Crippen molar-refractivity contribution in [2.45, 2.75) is 180 Å². The lowest BCUT2D eigenvalue weighted by Crippen LogP contribution is -2.30. The average Bonchev–Trinajstić information content (AvgIpc) is 3.42. The summed E-state index contributed by atoms with van der Waals surface area (Å²) < 4.78 is 47.7. The number of aliphatic hydroxyl groups excluding tert-OH is 3. The molecule has 0 saturated heterocycles. The molecule has 0 spiro atoms. The summed E-state index contributed by atoms with van der Waals surface area (Å²) in [6.45, 7) is 3.63. The van der Waals surface area contributed by atoms with Crippen molar-refractivity contribution in [1.29, 1.82) is 0 Å². The van der Waals surface area contributed by atoms with E-state index in [1.807, 2.05) is 0 Å². The van der Waals surface area contributed by atoms with Gasteiger partial charge >= 0.3 is 27.6 Å². The Balaban J connectivity index is 2.57. The molecule has 6 N–H and O–H groups in total. The molecule has 0 aliphatic heterocycles. The average molecular weight is 873 g/mol. The maximum atomic E-state index is 12.8. The van der Waals surface area contributed by atoms with E-state index in [0.29, 0.717) is 44.9 Å². The third kappa shape index (κ3) is 28.8. The molecule has 1 unspecified atom stereocenters. The molecule has 0 radical (unpaired) electrons. The van der Waals surface area contributed by atoms with Crippen molar-refractivity contribution in [3.05, 3.63) is 12.2 Å². The van der Waals surface area contributed by atoms with E-state index in [4.69, 9.17) is 23.8 Å². The van der Waals surface area contributed by atoms with Crippen LogP contribution in [0.15, 0.2) is 12.2 Å². The highest BCUT2D eigenvalue weighted by atomic mass is 31.2. The molecule has 1 aliphatic carbocycles. The Kier molecular flexibility index (Phi) is 29.4. The number of hydrogen-bond donors (Lipinski definition) is 6. The number of ether oxygens (including phenoxy) is 2. The summed E-state index contributed by atoms with van der Waals surface area (Å²) in [5, 5.41) is 30.5. The molecule has 0 aromatic carbocycles. The molecule has 1 fully saturated rings. The van der Waals surface area contributed by atoms with Crippen LogP contribution >= 0.6 is 15.6 Å². The lowest BCUT2D eigenvalue weighted by Gasteiger charge is -2.20. The van der Waals surface area contributed by atoms with Crippen LogP contribution in [0, 0.1) is 17.8 Å². The number of unbranched alkanes of at least 4 members (excludes halogenated alkanes) is 12. The zero-order chi connectivity index (χ0) is 43.4. The molecular weight excluding hydrogens is 798 g/mol. The molecule has 0 heterocycles. The number of phosphoric ester groups is 2. The molecule has 0 bridgehead atoms. The van der Waals surface area contributed by atoms with Crippen molar-refractivity contribution in [2.75, 3.05) is 26.4 Å². The number of carbonyl (C=O) groups is 3. The molecule has 58 heavy (non-hydrogen) atoms. The van der Waals surface area contributed by atoms with Crippen molar-refractivity contribution >= 4 is 33.4 Å². The van der Waals surface area contributed by atoms with E-state index in [1.165, 1.54) is 25.7 Å². The second-order valence-electron chi connectivity index (χ2n) is 15.9. The second kappa shape index (κ2) is 31.3. The van der Waals surface area contributed by atoms with Crippen LogP contribution in [0.4, 0.5) is 0 Å². The van der Waals surface area contributed by atoms with Gasteiger partial charge in [0.2, 0.25) is 0 Å². The molecule has 340 valence electrons. The van der Waals surface area contributed by atoms with Gasteiger partial charge < -0.3 is 39.5 Å². The normalized spacial score (nSPS) is 20.0. The molecule has 0 aromatic rings. The van der Waals surface area contributed by atoms with E-state index < -0.39 is 78.4 Å². The summed E-state index contributed by atoms with van der Waals surface area (Å²) in [5.41, 5.74) is 0. The lowest BCUT2D eigenvalue weighted by atomic mass is 9.88. The molecule has 0 amide bonds. The summed E-state index contributed by atoms with van der Waals surface area (Å²) in [4.78, 5) is 65.4. The molecule has 0 aromatic heterocycles. The summed E-state index contributed by atoms with van der Waals surface area (Å²) in [5.74, 6) is -1.14. The first kappa shape index (κ1) is 54.5. The van der Waals surface area contributed by atoms with Crippen molar-refractivity contribution in [1.82, 2.24) is 0 Å². The number of hydrogen-bond acceptors (Lipinski definition) is 13. The second-order valence-corrected chi connectivity index (χ2v) is 18.6. The molecule has 1 aliphatic rings. The van der Waals surface area contributed by atoms with Gasteiger partial charge in [-0.25, -0.2) is 9.13 Å². The Hall–Kier alpha value is -1.55. The molecule has 7 atom stereocenters. The van der Waals surface area contributed by atoms with Gasteiger partial charge in [-0.15, -0.1) is 0 Å². The highest BCUT2D eigenvalue weighted by Gasteiger charge is 2.39. The van der Waals surface area contributed by atoms with Crippen LogP contribution in [0.2, 0.25) is 0 Å². The van der Waals surface area contributed by atoms with E-state index in [1.54, 1.807) is 12.2 Å². The van der Waals surface area contributed by atoms with Crippen LogP contribution in [0.25, 0.3) is 0 Å². The standard InChI is InChI=1S/C40H74O16P2/c1-4-5-14-20-32(41)24-25-36-35(37(43)26-38(36)44)21-16-12-13-18-23-40(46)56-34(30-55-58(50,51)54-28-33(42)27-53-57(47,48)49)29-52-39(45)22-17-11-9-7-6-8-10-15-19-31(2)3/h24-25,31-36,38,41-42,44H,4-23,26-30H2,1-3H3,(H,50,51)(H2,47,48,49)/b25-24+/t32-,33-,34+,35+,36+,38+/m0/s1. The van der Waals surface area contributed by atoms with E-state index in [-0.39, 0.29) is 36.9 Å². The van der Waals surface area contributed by atoms with Gasteiger partial charge in [-0.05, 0) is 31.6 Å². The minimum atomic E-state index is -4.89. The van der Waals surface area contributed by atoms with Crippen molar-refractivity contribution in [3.63, 3.8) is 0 Å². The van der Waals surface area contributed by atoms with Gasteiger partial charge in [-0.1, -0.05) is 123 Å². The quantitative estimate of drug-likeness (QED) is 0.0160. The number of carbonyl (C=O) groups excluding carboxylic acids is 3. The number of aliphatic hydroxyl groups is 3. The van der Waals surface area contributed by atoms with Crippen LogP contribution in [0.3, 0.4) is 0 Å². The number of rotatable bonds is 36. The van der Waals surface area contributed by atoms with Gasteiger partial charge in [0, 0.05) is 31.1 Å². The fourth-order valence-corrected chi connectivity index (χ4v) is 7.82. The third-order valence-electron chi connectivity index (χ3n) is 9.97. The fraction of sp³-hybridized carbons (Fsp3) is 0.875. The molecule has 18 heteroatoms. The van der Waals surface area contributed by atoms with Crippen LogP contribution in [-0.4, -0.2) is 98.6 Å². The SMILES string of the molecule is CCCCC[C@H](O)/C=C/[C@H]1[C@H](O)CC(=O)[C@@H]1CCCCCCC(=O)O[C@H](COC(=O)CCCCCCCCCCC(C)C)COP(=O)(O)OC[C@@H](O)COP(=O)(O)O. The van der Waals surface area contributed by atoms with Crippen molar-refractivity contribution in [3.8, 4) is 0 Å². The van der Waals surface area contributed by atoms with Gasteiger partial charge in [-0.3, -0.25) is 28.0 Å². The predicted molar refractivity (Wildman–Crippen MR) is 217 cm³/mol. The Morgan fingerprint density at radius 1 is 0.741 bits per heavy atom. The van der Waals surface area contributed by atoms with Gasteiger partial charge in [0.25, 0.3) is 0 Å². The summed E-state index contributed by atoms with van der Waals surface area (Å²) >= 11 is 0. The van der Waals surface area contributed by atoms with Crippen molar-refractivity contribution in [2.24, 2.45) is 17.8 Å². The van der Waals surface area contributed by atoms with Gasteiger partial charge in [-0.2, -0.15) is 0 Å². The van der Waals surface area contributed by atoms with Gasteiger partial charge in [0.15, 0.2) is 6.10 Å². The third-order valence-corrected chi connectivity index (χ3v) is 11.4. The maximum Gasteiger partial charge on any atom is 0.472 e. The predicted octanol–water partition coefficient (Wildman–Crippen LogP) is 7.01. The molecule has 1 saturated carbocycles. The van der Waals surface area contributed by atoms with E-state index in [2.05, 4.69) is 29.8 Å². The Morgan fingerprint density at radius 2 is 1.29 bits per heavy atom. The monoisotopic (exact) mass is 872 g/mol. The van der Waals surface area contributed by atoms with Crippen molar-refractivity contribution < 1.29 is 76.6 Å². The van der Waals surface area contributed by atoms with Crippen LogP contribution < -0.4 is 0 Å². The molecule has 1 rings (SSSR count). The van der Waals surface area contributed by atoms with Crippen LogP contribution in [-0.2, 0) is 46.6 Å². The maximum absolute atomic E-state index is 12.8. The van der Waals surface area contributed by atoms with Gasteiger partial charge in [0.1, 0.15) is 18.5 Å². The highest BCUT2D eigenvalue weighted by Crippen LogP contribution is 2.44. The van der Waals surface area contributed by atoms with E-state index in [0.717, 1.165) is 50.9 Å². The van der Waals surface area contributed by atoms with Gasteiger partial charge in [0.05, 0.1) is 32.0 Å². The van der Waals surface area contributed by atoms with E-state index >= 15 is 0 Å². The molecular formula is C40H74O16P2. The zero-order valence-electron chi connectivity index (χ0n) is 35.0. The van der Waals surface area contributed by atoms with Crippen LogP contribution in [0.5, 0.6) is 0 Å². The smallest absolute Gasteiger partial charge is 0.462 e. The first-order valence-electron chi connectivity index (χ1n) is 21.3. The topological polar surface area (TPSA) is 253 Å². The summed E-state index contributed by atoms with van der Waals surface area (Å²) in [6.07, 6.45) is 15.7. The van der Waals surface area contributed by atoms with E-state index in [9.17, 15) is 43.7 Å². The summed E-state index contributed by atoms with van der Waals surface area (Å²) in [7, 11) is -9.76. The molecule has 16 nitrogen and oxygen atoms in total. The summed E-state index contributed by atoms with van der Waals surface area (Å²) in [6, 6.07) is 0. The Labute approximate surface area is 345 Å². The minimum absolute atomic E-state index is 0.00124. The highest BCUT2D eigenvalue weighted by molar-refractivity contribution is 7.47. The van der Waals surface area contributed by atoms with Crippen LogP contribution in [0.1, 0.15) is 156 Å². The largest absolute Gasteiger partial charge is 0.472 e. The number of ketones is 1. The number of Topliss-reactive ketones (excluding diaryl/α,β-unsaturated/α-hetero) is 1. The zero-order valence-corrected chi connectivity index (χ0v) is 36.8. The first-order chi connectivity index (χ1) is 27.4. The Bertz CT molecular complexity index is 1260. The Morgan fingerprint density at radius 3 is 1.91 bits per heavy atom. The number of esters is 2. The lowest BCUT2D eigenvalue weighted by molar-refractivity contribution is -0.161. The first-order valence-corrected chi connectivity index (χ1v) is 24.4.